The second kappa shape index (κ2) is 2.64. The number of nitrogens with one attached hydrogen (secondary N) is 1. The van der Waals surface area contributed by atoms with E-state index in [1.807, 2.05) is 0 Å². The van der Waals surface area contributed by atoms with E-state index in [1.165, 1.54) is 6.08 Å². The Kier molecular flexibility index (Phi) is 1.85. The molecule has 0 aromatic rings. The van der Waals surface area contributed by atoms with E-state index in [2.05, 4.69) is 11.9 Å². The Morgan fingerprint density at radius 3 is 3.11 bits per heavy atom. The maximum absolute atomic E-state index is 10.4. The summed E-state index contributed by atoms with van der Waals surface area (Å²) in [5, 5.41) is 3.00. The van der Waals surface area contributed by atoms with Gasteiger partial charge in [-0.2, -0.15) is 0 Å². The van der Waals surface area contributed by atoms with Gasteiger partial charge in [0.2, 0.25) is 0 Å². The first-order chi connectivity index (χ1) is 4.33. The van der Waals surface area contributed by atoms with Gasteiger partial charge in [0.25, 0.3) is 0 Å². The van der Waals surface area contributed by atoms with E-state index in [9.17, 15) is 4.79 Å². The van der Waals surface area contributed by atoms with Crippen LogP contribution in [0.15, 0.2) is 12.7 Å². The fourth-order valence-corrected chi connectivity index (χ4v) is 0.443. The van der Waals surface area contributed by atoms with Crippen molar-refractivity contribution < 1.29 is 9.53 Å². The summed E-state index contributed by atoms with van der Waals surface area (Å²) in [5.74, 6) is -0.344. The summed E-state index contributed by atoms with van der Waals surface area (Å²) in [4.78, 5) is 10.4. The topological polar surface area (TPSA) is 48.2 Å². The van der Waals surface area contributed by atoms with Gasteiger partial charge in [0, 0.05) is 12.6 Å². The SMILES string of the molecule is C=CC(=O)OCC1CN1. The normalized spacial score (nSPS) is 22.9. The van der Waals surface area contributed by atoms with Crippen molar-refractivity contribution in [2.24, 2.45) is 0 Å². The summed E-state index contributed by atoms with van der Waals surface area (Å²) in [6.45, 7) is 4.70. The molecule has 0 aromatic heterocycles. The molecule has 0 aliphatic carbocycles. The van der Waals surface area contributed by atoms with Crippen LogP contribution in [0.1, 0.15) is 0 Å². The third kappa shape index (κ3) is 2.28. The minimum Gasteiger partial charge on any atom is -0.461 e. The monoisotopic (exact) mass is 127 g/mol. The molecule has 0 saturated carbocycles. The molecule has 0 spiro atoms. The van der Waals surface area contributed by atoms with Crippen molar-refractivity contribution in [1.29, 1.82) is 0 Å². The number of rotatable bonds is 3. The molecule has 1 aliphatic heterocycles. The molecule has 1 unspecified atom stereocenters. The fourth-order valence-electron chi connectivity index (χ4n) is 0.443. The van der Waals surface area contributed by atoms with Gasteiger partial charge in [0.05, 0.1) is 6.04 Å². The molecule has 0 amide bonds. The van der Waals surface area contributed by atoms with Crippen molar-refractivity contribution >= 4 is 5.97 Å². The molecule has 1 fully saturated rings. The first kappa shape index (κ1) is 6.29. The van der Waals surface area contributed by atoms with Crippen LogP contribution in [0.5, 0.6) is 0 Å². The number of ether oxygens (including phenoxy) is 1. The minimum absolute atomic E-state index is 0.344. The molecule has 1 saturated heterocycles. The van der Waals surface area contributed by atoms with Gasteiger partial charge >= 0.3 is 5.97 Å². The second-order valence-corrected chi connectivity index (χ2v) is 1.94. The molecule has 0 radical (unpaired) electrons. The summed E-state index contributed by atoms with van der Waals surface area (Å²) >= 11 is 0. The third-order valence-corrected chi connectivity index (χ3v) is 1.09. The van der Waals surface area contributed by atoms with Gasteiger partial charge in [-0.15, -0.1) is 0 Å². The summed E-state index contributed by atoms with van der Waals surface area (Å²) in [6.07, 6.45) is 1.17. The van der Waals surface area contributed by atoms with Crippen LogP contribution in [-0.2, 0) is 9.53 Å². The van der Waals surface area contributed by atoms with Crippen LogP contribution >= 0.6 is 0 Å². The fraction of sp³-hybridized carbons (Fsp3) is 0.500. The summed E-state index contributed by atoms with van der Waals surface area (Å²) in [5.41, 5.74) is 0. The Morgan fingerprint density at radius 2 is 2.67 bits per heavy atom. The number of hydrogen-bond acceptors (Lipinski definition) is 3. The molecule has 3 heteroatoms. The molecule has 9 heavy (non-hydrogen) atoms. The summed E-state index contributed by atoms with van der Waals surface area (Å²) < 4.78 is 4.70. The van der Waals surface area contributed by atoms with Crippen LogP contribution in [-0.4, -0.2) is 25.2 Å². The molecule has 1 rings (SSSR count). The highest BCUT2D eigenvalue weighted by Crippen LogP contribution is 1.96. The van der Waals surface area contributed by atoms with Crippen molar-refractivity contribution in [3.05, 3.63) is 12.7 Å². The zero-order valence-electron chi connectivity index (χ0n) is 5.09. The Balaban J connectivity index is 2.02. The van der Waals surface area contributed by atoms with E-state index < -0.39 is 0 Å². The lowest BCUT2D eigenvalue weighted by atomic mass is 10.5. The standard InChI is InChI=1S/C6H9NO2/c1-2-6(8)9-4-5-3-7-5/h2,5,7H,1,3-4H2. The molecule has 1 atom stereocenters. The lowest BCUT2D eigenvalue weighted by molar-refractivity contribution is -0.137. The van der Waals surface area contributed by atoms with Crippen molar-refractivity contribution in [2.75, 3.05) is 13.2 Å². The largest absolute Gasteiger partial charge is 0.461 e. The molecular weight excluding hydrogens is 118 g/mol. The summed E-state index contributed by atoms with van der Waals surface area (Å²) in [7, 11) is 0. The molecule has 1 N–H and O–H groups in total. The third-order valence-electron chi connectivity index (χ3n) is 1.09. The number of esters is 1. The maximum atomic E-state index is 10.4. The van der Waals surface area contributed by atoms with Gasteiger partial charge in [0.1, 0.15) is 6.61 Å². The number of carbonyl (C=O) groups excluding carboxylic acids is 1. The summed E-state index contributed by atoms with van der Waals surface area (Å²) in [6, 6.07) is 0.397. The van der Waals surface area contributed by atoms with Gasteiger partial charge in [-0.1, -0.05) is 6.58 Å². The number of hydrogen-bond donors (Lipinski definition) is 1. The van der Waals surface area contributed by atoms with Gasteiger partial charge < -0.3 is 10.1 Å². The minimum atomic E-state index is -0.344. The Hall–Kier alpha value is -0.830. The second-order valence-electron chi connectivity index (χ2n) is 1.94. The van der Waals surface area contributed by atoms with Gasteiger partial charge in [-0.3, -0.25) is 0 Å². The predicted molar refractivity (Wildman–Crippen MR) is 32.9 cm³/mol. The van der Waals surface area contributed by atoms with E-state index in [-0.39, 0.29) is 5.97 Å². The molecule has 50 valence electrons. The van der Waals surface area contributed by atoms with E-state index in [4.69, 9.17) is 4.74 Å². The highest BCUT2D eigenvalue weighted by Gasteiger charge is 2.20. The Labute approximate surface area is 53.7 Å². The zero-order chi connectivity index (χ0) is 6.69. The van der Waals surface area contributed by atoms with E-state index in [0.29, 0.717) is 12.6 Å². The molecule has 1 heterocycles. The van der Waals surface area contributed by atoms with Crippen molar-refractivity contribution in [3.8, 4) is 0 Å². The van der Waals surface area contributed by atoms with E-state index in [1.54, 1.807) is 0 Å². The lowest BCUT2D eigenvalue weighted by Crippen LogP contribution is -2.08. The average molecular weight is 127 g/mol. The van der Waals surface area contributed by atoms with Crippen molar-refractivity contribution in [3.63, 3.8) is 0 Å². The van der Waals surface area contributed by atoms with Crippen molar-refractivity contribution in [2.45, 2.75) is 6.04 Å². The van der Waals surface area contributed by atoms with Gasteiger partial charge in [-0.05, 0) is 0 Å². The smallest absolute Gasteiger partial charge is 0.330 e. The molecular formula is C6H9NO2. The Morgan fingerprint density at radius 1 is 2.00 bits per heavy atom. The highest BCUT2D eigenvalue weighted by molar-refractivity contribution is 5.81. The first-order valence-electron chi connectivity index (χ1n) is 2.85. The van der Waals surface area contributed by atoms with Crippen LogP contribution in [0.2, 0.25) is 0 Å². The van der Waals surface area contributed by atoms with E-state index in [0.717, 1.165) is 6.54 Å². The van der Waals surface area contributed by atoms with Crippen LogP contribution in [0, 0.1) is 0 Å². The van der Waals surface area contributed by atoms with Crippen molar-refractivity contribution in [1.82, 2.24) is 5.32 Å². The van der Waals surface area contributed by atoms with Gasteiger partial charge in [-0.25, -0.2) is 4.79 Å². The van der Waals surface area contributed by atoms with Gasteiger partial charge in [0.15, 0.2) is 0 Å². The average Bonchev–Trinajstić information content (AvgIpc) is 2.65. The van der Waals surface area contributed by atoms with Crippen LogP contribution in [0.25, 0.3) is 0 Å². The Bertz CT molecular complexity index is 129. The maximum Gasteiger partial charge on any atom is 0.330 e. The van der Waals surface area contributed by atoms with Crippen LogP contribution in [0.3, 0.4) is 0 Å². The quantitative estimate of drug-likeness (QED) is 0.321. The first-order valence-corrected chi connectivity index (χ1v) is 2.85. The molecule has 0 aromatic carbocycles. The molecule has 1 aliphatic rings. The predicted octanol–water partition coefficient (Wildman–Crippen LogP) is -0.313. The van der Waals surface area contributed by atoms with Crippen LogP contribution < -0.4 is 5.32 Å². The lowest BCUT2D eigenvalue weighted by Gasteiger charge is -1.95. The van der Waals surface area contributed by atoms with E-state index >= 15 is 0 Å². The molecule has 0 bridgehead atoms. The zero-order valence-corrected chi connectivity index (χ0v) is 5.09. The molecule has 3 nitrogen and oxygen atoms in total. The number of carbonyl (C=O) groups is 1. The van der Waals surface area contributed by atoms with Crippen LogP contribution in [0.4, 0.5) is 0 Å². The highest BCUT2D eigenvalue weighted by atomic mass is 16.5.